The number of hydrogen-bond acceptors (Lipinski definition) is 5. The molecule has 2 unspecified atom stereocenters. The van der Waals surface area contributed by atoms with Gasteiger partial charge in [-0.1, -0.05) is 0 Å². The van der Waals surface area contributed by atoms with Crippen molar-refractivity contribution in [3.8, 4) is 0 Å². The lowest BCUT2D eigenvalue weighted by molar-refractivity contribution is -0.138. The SMILES string of the molecule is CSCCC(C)N(C)c1nc2c(s1)CCC2C(=O)O. The third-order valence-electron chi connectivity index (χ3n) is 3.71. The van der Waals surface area contributed by atoms with E-state index in [9.17, 15) is 9.90 Å². The van der Waals surface area contributed by atoms with Gasteiger partial charge in [-0.15, -0.1) is 11.3 Å². The molecule has 1 aromatic rings. The predicted molar refractivity (Wildman–Crippen MR) is 81.7 cm³/mol. The molecule has 0 saturated heterocycles. The van der Waals surface area contributed by atoms with Crippen LogP contribution in [0.2, 0.25) is 0 Å². The lowest BCUT2D eigenvalue weighted by Crippen LogP contribution is -2.29. The molecule has 2 atom stereocenters. The average Bonchev–Trinajstić information content (AvgIpc) is 2.93. The van der Waals surface area contributed by atoms with Gasteiger partial charge in [-0.25, -0.2) is 4.98 Å². The third kappa shape index (κ3) is 3.05. The van der Waals surface area contributed by atoms with Crippen LogP contribution in [0.1, 0.15) is 36.3 Å². The lowest BCUT2D eigenvalue weighted by Gasteiger charge is -2.24. The first kappa shape index (κ1) is 14.7. The van der Waals surface area contributed by atoms with Crippen LogP contribution in [0, 0.1) is 0 Å². The number of anilines is 1. The van der Waals surface area contributed by atoms with Gasteiger partial charge in [0, 0.05) is 18.0 Å². The smallest absolute Gasteiger partial charge is 0.312 e. The van der Waals surface area contributed by atoms with Crippen molar-refractivity contribution in [1.29, 1.82) is 0 Å². The minimum Gasteiger partial charge on any atom is -0.481 e. The summed E-state index contributed by atoms with van der Waals surface area (Å²) in [4.78, 5) is 19.1. The monoisotopic (exact) mass is 300 g/mol. The second-order valence-electron chi connectivity index (χ2n) is 4.98. The van der Waals surface area contributed by atoms with E-state index in [-0.39, 0.29) is 0 Å². The van der Waals surface area contributed by atoms with Gasteiger partial charge in [0.2, 0.25) is 0 Å². The average molecular weight is 300 g/mol. The first-order valence-corrected chi connectivity index (χ1v) is 8.69. The Balaban J connectivity index is 2.11. The van der Waals surface area contributed by atoms with Gasteiger partial charge in [0.05, 0.1) is 5.69 Å². The van der Waals surface area contributed by atoms with Crippen LogP contribution in [0.25, 0.3) is 0 Å². The molecule has 0 radical (unpaired) electrons. The first-order chi connectivity index (χ1) is 9.04. The molecule has 1 heterocycles. The lowest BCUT2D eigenvalue weighted by atomic mass is 10.1. The summed E-state index contributed by atoms with van der Waals surface area (Å²) in [5, 5.41) is 10.1. The molecule has 1 aromatic heterocycles. The summed E-state index contributed by atoms with van der Waals surface area (Å²) in [6.45, 7) is 2.19. The number of carbonyl (C=O) groups is 1. The van der Waals surface area contributed by atoms with Crippen molar-refractivity contribution in [3.63, 3.8) is 0 Å². The van der Waals surface area contributed by atoms with E-state index in [0.717, 1.165) is 34.3 Å². The van der Waals surface area contributed by atoms with Crippen molar-refractivity contribution in [2.24, 2.45) is 0 Å². The molecule has 19 heavy (non-hydrogen) atoms. The summed E-state index contributed by atoms with van der Waals surface area (Å²) in [5.74, 6) is -0.00229. The molecule has 0 saturated carbocycles. The summed E-state index contributed by atoms with van der Waals surface area (Å²) < 4.78 is 0. The number of carboxylic acid groups (broad SMARTS) is 1. The number of carboxylic acids is 1. The molecular formula is C13H20N2O2S2. The molecule has 0 fully saturated rings. The Kier molecular flexibility index (Phi) is 4.73. The standard InChI is InChI=1S/C13H20N2O2S2/c1-8(6-7-18-3)15(2)13-14-11-9(12(16)17)4-5-10(11)19-13/h8-9H,4-7H2,1-3H3,(H,16,17). The van der Waals surface area contributed by atoms with Crippen molar-refractivity contribution in [3.05, 3.63) is 10.6 Å². The van der Waals surface area contributed by atoms with E-state index < -0.39 is 11.9 Å². The maximum atomic E-state index is 11.2. The topological polar surface area (TPSA) is 53.4 Å². The van der Waals surface area contributed by atoms with Crippen LogP contribution in [0.15, 0.2) is 0 Å². The zero-order valence-electron chi connectivity index (χ0n) is 11.5. The van der Waals surface area contributed by atoms with Crippen molar-refractivity contribution < 1.29 is 9.90 Å². The fourth-order valence-electron chi connectivity index (χ4n) is 2.28. The number of rotatable bonds is 6. The normalized spacial score (nSPS) is 19.2. The van der Waals surface area contributed by atoms with Gasteiger partial charge in [-0.3, -0.25) is 4.79 Å². The summed E-state index contributed by atoms with van der Waals surface area (Å²) >= 11 is 3.51. The Bertz CT molecular complexity index is 461. The van der Waals surface area contributed by atoms with Crippen LogP contribution < -0.4 is 4.90 Å². The number of hydrogen-bond donors (Lipinski definition) is 1. The molecule has 6 heteroatoms. The molecule has 1 aliphatic carbocycles. The van der Waals surface area contributed by atoms with Gasteiger partial charge < -0.3 is 10.0 Å². The van der Waals surface area contributed by atoms with Crippen molar-refractivity contribution in [1.82, 2.24) is 4.98 Å². The van der Waals surface area contributed by atoms with E-state index in [1.165, 1.54) is 0 Å². The van der Waals surface area contributed by atoms with Crippen LogP contribution >= 0.6 is 23.1 Å². The zero-order chi connectivity index (χ0) is 14.0. The van der Waals surface area contributed by atoms with Gasteiger partial charge in [0.1, 0.15) is 5.92 Å². The molecule has 1 aliphatic rings. The van der Waals surface area contributed by atoms with Crippen LogP contribution in [0.5, 0.6) is 0 Å². The van der Waals surface area contributed by atoms with Gasteiger partial charge in [0.15, 0.2) is 5.13 Å². The second kappa shape index (κ2) is 6.13. The summed E-state index contributed by atoms with van der Waals surface area (Å²) in [5.41, 5.74) is 0.802. The minimum absolute atomic E-state index is 0.394. The third-order valence-corrected chi connectivity index (χ3v) is 5.57. The number of aryl methyl sites for hydroxylation is 1. The predicted octanol–water partition coefficient (Wildman–Crippen LogP) is 2.84. The molecule has 0 aromatic carbocycles. The fourth-order valence-corrected chi connectivity index (χ4v) is 4.05. The number of thiazole rings is 1. The molecule has 0 bridgehead atoms. The highest BCUT2D eigenvalue weighted by molar-refractivity contribution is 7.98. The van der Waals surface area contributed by atoms with Gasteiger partial charge in [0.25, 0.3) is 0 Å². The van der Waals surface area contributed by atoms with Crippen molar-refractivity contribution >= 4 is 34.2 Å². The number of fused-ring (bicyclic) bond motifs is 1. The van der Waals surface area contributed by atoms with E-state index in [1.54, 1.807) is 11.3 Å². The zero-order valence-corrected chi connectivity index (χ0v) is 13.2. The Morgan fingerprint density at radius 1 is 1.68 bits per heavy atom. The second-order valence-corrected chi connectivity index (χ2v) is 7.02. The first-order valence-electron chi connectivity index (χ1n) is 6.48. The molecule has 106 valence electrons. The Hall–Kier alpha value is -0.750. The molecule has 0 amide bonds. The number of nitrogens with zero attached hydrogens (tertiary/aromatic N) is 2. The number of thioether (sulfide) groups is 1. The molecule has 0 aliphatic heterocycles. The Labute approximate surface area is 122 Å². The van der Waals surface area contributed by atoms with Crippen molar-refractivity contribution in [2.45, 2.75) is 38.1 Å². The van der Waals surface area contributed by atoms with E-state index >= 15 is 0 Å². The minimum atomic E-state index is -0.742. The highest BCUT2D eigenvalue weighted by atomic mass is 32.2. The van der Waals surface area contributed by atoms with Gasteiger partial charge in [-0.05, 0) is 38.2 Å². The number of aromatic nitrogens is 1. The molecule has 2 rings (SSSR count). The number of aliphatic carboxylic acids is 1. The Morgan fingerprint density at radius 3 is 3.05 bits per heavy atom. The van der Waals surface area contributed by atoms with Crippen LogP contribution in [-0.4, -0.2) is 41.2 Å². The van der Waals surface area contributed by atoms with E-state index in [4.69, 9.17) is 0 Å². The highest BCUT2D eigenvalue weighted by Crippen LogP contribution is 2.39. The maximum absolute atomic E-state index is 11.2. The maximum Gasteiger partial charge on any atom is 0.312 e. The van der Waals surface area contributed by atoms with Crippen LogP contribution in [0.4, 0.5) is 5.13 Å². The van der Waals surface area contributed by atoms with Crippen molar-refractivity contribution in [2.75, 3.05) is 24.0 Å². The Morgan fingerprint density at radius 2 is 2.42 bits per heavy atom. The van der Waals surface area contributed by atoms with E-state index in [1.807, 2.05) is 11.8 Å². The van der Waals surface area contributed by atoms with E-state index in [0.29, 0.717) is 12.5 Å². The van der Waals surface area contributed by atoms with Crippen LogP contribution in [-0.2, 0) is 11.2 Å². The summed E-state index contributed by atoms with van der Waals surface area (Å²) in [6.07, 6.45) is 4.79. The van der Waals surface area contributed by atoms with Crippen LogP contribution in [0.3, 0.4) is 0 Å². The largest absolute Gasteiger partial charge is 0.481 e. The molecule has 0 spiro atoms. The van der Waals surface area contributed by atoms with E-state index in [2.05, 4.69) is 30.1 Å². The fraction of sp³-hybridized carbons (Fsp3) is 0.692. The highest BCUT2D eigenvalue weighted by Gasteiger charge is 2.33. The molecular weight excluding hydrogens is 280 g/mol. The van der Waals surface area contributed by atoms with Gasteiger partial charge >= 0.3 is 5.97 Å². The quantitative estimate of drug-likeness (QED) is 0.875. The summed E-state index contributed by atoms with van der Waals surface area (Å²) in [6, 6.07) is 0.432. The summed E-state index contributed by atoms with van der Waals surface area (Å²) in [7, 11) is 2.05. The van der Waals surface area contributed by atoms with Gasteiger partial charge in [-0.2, -0.15) is 11.8 Å². The molecule has 4 nitrogen and oxygen atoms in total. The molecule has 1 N–H and O–H groups in total.